The summed E-state index contributed by atoms with van der Waals surface area (Å²) in [7, 11) is 1.51. The molecule has 1 spiro atoms. The number of amides is 3. The first kappa shape index (κ1) is 18.7. The molecule has 2 fully saturated rings. The lowest BCUT2D eigenvalue weighted by atomic mass is 9.78. The zero-order chi connectivity index (χ0) is 19.7. The van der Waals surface area contributed by atoms with Crippen LogP contribution in [-0.2, 0) is 31.0 Å². The molecular weight excluding hydrogens is 366 g/mol. The summed E-state index contributed by atoms with van der Waals surface area (Å²) in [5, 5.41) is 0. The van der Waals surface area contributed by atoms with Crippen LogP contribution >= 0.6 is 0 Å². The topological polar surface area (TPSA) is 108 Å². The van der Waals surface area contributed by atoms with E-state index in [1.165, 1.54) is 12.0 Å². The minimum absolute atomic E-state index is 0.0290. The molecule has 10 heteroatoms. The van der Waals surface area contributed by atoms with Crippen molar-refractivity contribution in [1.82, 2.24) is 24.7 Å². The molecule has 2 saturated heterocycles. The van der Waals surface area contributed by atoms with Crippen LogP contribution in [0.2, 0.25) is 0 Å². The number of aromatic nitrogens is 2. The molecule has 4 heterocycles. The third-order valence-corrected chi connectivity index (χ3v) is 5.94. The number of fused-ring (bicyclic) bond motifs is 2. The van der Waals surface area contributed by atoms with Gasteiger partial charge in [-0.3, -0.25) is 14.5 Å². The van der Waals surface area contributed by atoms with Crippen molar-refractivity contribution in [1.29, 1.82) is 0 Å². The van der Waals surface area contributed by atoms with E-state index in [1.807, 2.05) is 4.90 Å². The van der Waals surface area contributed by atoms with Crippen molar-refractivity contribution in [2.24, 2.45) is 0 Å². The lowest BCUT2D eigenvalue weighted by Crippen LogP contribution is -2.60. The first-order valence-electron chi connectivity index (χ1n) is 9.57. The lowest BCUT2D eigenvalue weighted by molar-refractivity contribution is -0.148. The summed E-state index contributed by atoms with van der Waals surface area (Å²) in [5.74, 6) is -0.155. The van der Waals surface area contributed by atoms with Crippen molar-refractivity contribution in [2.75, 3.05) is 53.0 Å². The van der Waals surface area contributed by atoms with Crippen molar-refractivity contribution in [3.05, 3.63) is 17.7 Å². The molecule has 1 aromatic heterocycles. The molecule has 1 aromatic rings. The molecule has 0 unspecified atom stereocenters. The fourth-order valence-corrected chi connectivity index (χ4v) is 4.51. The predicted molar refractivity (Wildman–Crippen MR) is 96.3 cm³/mol. The lowest BCUT2D eigenvalue weighted by Gasteiger charge is -2.50. The number of H-pyrrole nitrogens is 1. The number of ether oxygens (including phenoxy) is 2. The number of aromatic amines is 1. The zero-order valence-corrected chi connectivity index (χ0v) is 16.0. The second kappa shape index (κ2) is 7.42. The van der Waals surface area contributed by atoms with Gasteiger partial charge in [-0.15, -0.1) is 0 Å². The van der Waals surface area contributed by atoms with Crippen LogP contribution in [0.1, 0.15) is 24.2 Å². The van der Waals surface area contributed by atoms with E-state index in [4.69, 9.17) is 9.47 Å². The predicted octanol–water partition coefficient (Wildman–Crippen LogP) is -0.289. The highest BCUT2D eigenvalue weighted by Gasteiger charge is 2.49. The summed E-state index contributed by atoms with van der Waals surface area (Å²) in [6.45, 7) is 2.44. The molecule has 0 aliphatic carbocycles. The third-order valence-electron chi connectivity index (χ3n) is 5.94. The molecule has 4 rings (SSSR count). The van der Waals surface area contributed by atoms with Gasteiger partial charge in [0, 0.05) is 38.9 Å². The Morgan fingerprint density at radius 1 is 1.25 bits per heavy atom. The SMILES string of the molecule is COCC(=O)N1CCc2[nH]cnc2C12CCN(C(=O)CN1CCOC1=O)CC2. The molecule has 3 aliphatic heterocycles. The van der Waals surface area contributed by atoms with Gasteiger partial charge >= 0.3 is 6.09 Å². The Labute approximate surface area is 162 Å². The number of hydrogen-bond acceptors (Lipinski definition) is 6. The number of carbonyl (C=O) groups is 3. The number of hydrogen-bond donors (Lipinski definition) is 1. The highest BCUT2D eigenvalue weighted by molar-refractivity contribution is 5.83. The molecule has 1 N–H and O–H groups in total. The standard InChI is InChI=1S/C18H25N5O5/c1-27-11-15(25)23-5-2-13-16(20-12-19-13)18(23)3-6-21(7-4-18)14(24)10-22-8-9-28-17(22)26/h12H,2-11H2,1H3,(H,19,20). The monoisotopic (exact) mass is 391 g/mol. The van der Waals surface area contributed by atoms with E-state index in [0.717, 1.165) is 17.8 Å². The number of rotatable bonds is 4. The van der Waals surface area contributed by atoms with Gasteiger partial charge in [-0.1, -0.05) is 0 Å². The number of likely N-dealkylation sites (tertiary alicyclic amines) is 1. The summed E-state index contributed by atoms with van der Waals surface area (Å²) in [5.41, 5.74) is 1.44. The summed E-state index contributed by atoms with van der Waals surface area (Å²) in [6, 6.07) is 0. The van der Waals surface area contributed by atoms with Crippen LogP contribution in [0.5, 0.6) is 0 Å². The van der Waals surface area contributed by atoms with Crippen LogP contribution in [-0.4, -0.2) is 95.6 Å². The van der Waals surface area contributed by atoms with Crippen LogP contribution in [0, 0.1) is 0 Å². The number of piperidine rings is 1. The van der Waals surface area contributed by atoms with Gasteiger partial charge in [0.05, 0.1) is 24.1 Å². The van der Waals surface area contributed by atoms with Gasteiger partial charge in [-0.2, -0.15) is 0 Å². The molecule has 0 bridgehead atoms. The number of cyclic esters (lactones) is 1. The maximum absolute atomic E-state index is 12.7. The average Bonchev–Trinajstić information content (AvgIpc) is 3.33. The Balaban J connectivity index is 1.49. The van der Waals surface area contributed by atoms with Gasteiger partial charge in [0.15, 0.2) is 0 Å². The molecule has 0 aromatic carbocycles. The summed E-state index contributed by atoms with van der Waals surface area (Å²) < 4.78 is 9.96. The van der Waals surface area contributed by atoms with Crippen molar-refractivity contribution < 1.29 is 23.9 Å². The van der Waals surface area contributed by atoms with E-state index in [0.29, 0.717) is 45.6 Å². The second-order valence-corrected chi connectivity index (χ2v) is 7.41. The molecule has 0 radical (unpaired) electrons. The maximum Gasteiger partial charge on any atom is 0.410 e. The van der Waals surface area contributed by atoms with Crippen LogP contribution < -0.4 is 0 Å². The Hall–Kier alpha value is -2.62. The van der Waals surface area contributed by atoms with Crippen LogP contribution in [0.3, 0.4) is 0 Å². The number of carbonyl (C=O) groups excluding carboxylic acids is 3. The fourth-order valence-electron chi connectivity index (χ4n) is 4.51. The van der Waals surface area contributed by atoms with Gasteiger partial charge in [-0.25, -0.2) is 9.78 Å². The minimum Gasteiger partial charge on any atom is -0.448 e. The van der Waals surface area contributed by atoms with Crippen LogP contribution in [0.25, 0.3) is 0 Å². The van der Waals surface area contributed by atoms with Crippen molar-refractivity contribution in [2.45, 2.75) is 24.8 Å². The Kier molecular flexibility index (Phi) is 4.96. The number of imidazole rings is 1. The Bertz CT molecular complexity index is 770. The van der Waals surface area contributed by atoms with E-state index in [1.54, 1.807) is 11.2 Å². The van der Waals surface area contributed by atoms with Gasteiger partial charge in [0.2, 0.25) is 11.8 Å². The summed E-state index contributed by atoms with van der Waals surface area (Å²) in [6.07, 6.45) is 3.18. The maximum atomic E-state index is 12.7. The van der Waals surface area contributed by atoms with E-state index >= 15 is 0 Å². The average molecular weight is 391 g/mol. The molecule has 0 saturated carbocycles. The molecule has 3 aliphatic rings. The first-order valence-corrected chi connectivity index (χ1v) is 9.57. The largest absolute Gasteiger partial charge is 0.448 e. The quantitative estimate of drug-likeness (QED) is 0.756. The van der Waals surface area contributed by atoms with Gasteiger partial charge in [-0.05, 0) is 12.8 Å². The summed E-state index contributed by atoms with van der Waals surface area (Å²) in [4.78, 5) is 49.7. The van der Waals surface area contributed by atoms with Crippen LogP contribution in [0.15, 0.2) is 6.33 Å². The fraction of sp³-hybridized carbons (Fsp3) is 0.667. The zero-order valence-electron chi connectivity index (χ0n) is 16.0. The van der Waals surface area contributed by atoms with Gasteiger partial charge in [0.1, 0.15) is 19.8 Å². The first-order chi connectivity index (χ1) is 13.5. The van der Waals surface area contributed by atoms with Crippen molar-refractivity contribution in [3.63, 3.8) is 0 Å². The molecule has 28 heavy (non-hydrogen) atoms. The Morgan fingerprint density at radius 2 is 2.04 bits per heavy atom. The number of nitrogens with zero attached hydrogens (tertiary/aromatic N) is 4. The third kappa shape index (κ3) is 3.11. The minimum atomic E-state index is -0.521. The van der Waals surface area contributed by atoms with Gasteiger partial charge < -0.3 is 24.3 Å². The second-order valence-electron chi connectivity index (χ2n) is 7.41. The van der Waals surface area contributed by atoms with E-state index in [2.05, 4.69) is 9.97 Å². The molecule has 0 atom stereocenters. The van der Waals surface area contributed by atoms with Crippen LogP contribution in [0.4, 0.5) is 4.79 Å². The normalized spacial score (nSPS) is 21.0. The van der Waals surface area contributed by atoms with Gasteiger partial charge in [0.25, 0.3) is 0 Å². The number of methoxy groups -OCH3 is 1. The van der Waals surface area contributed by atoms with Crippen molar-refractivity contribution >= 4 is 17.9 Å². The Morgan fingerprint density at radius 3 is 2.71 bits per heavy atom. The molecular formula is C18H25N5O5. The molecule has 152 valence electrons. The highest BCUT2D eigenvalue weighted by atomic mass is 16.6. The van der Waals surface area contributed by atoms with E-state index in [9.17, 15) is 14.4 Å². The van der Waals surface area contributed by atoms with E-state index in [-0.39, 0.29) is 25.0 Å². The number of nitrogens with one attached hydrogen (secondary N) is 1. The summed E-state index contributed by atoms with van der Waals surface area (Å²) >= 11 is 0. The van der Waals surface area contributed by atoms with Crippen molar-refractivity contribution in [3.8, 4) is 0 Å². The smallest absolute Gasteiger partial charge is 0.410 e. The molecule has 10 nitrogen and oxygen atoms in total. The van der Waals surface area contributed by atoms with E-state index < -0.39 is 11.6 Å². The molecule has 3 amide bonds. The highest BCUT2D eigenvalue weighted by Crippen LogP contribution is 2.42.